The molecule has 1 saturated heterocycles. The van der Waals surface area contributed by atoms with Gasteiger partial charge in [-0.25, -0.2) is 0 Å². The van der Waals surface area contributed by atoms with Gasteiger partial charge in [0.05, 0.1) is 0 Å². The second-order valence-corrected chi connectivity index (χ2v) is 3.78. The van der Waals surface area contributed by atoms with Gasteiger partial charge in [-0.3, -0.25) is 4.90 Å². The Bertz CT molecular complexity index is 135. The molecular formula is C11H22N2. The van der Waals surface area contributed by atoms with Crippen LogP contribution in [0.3, 0.4) is 0 Å². The van der Waals surface area contributed by atoms with Crippen LogP contribution in [0.1, 0.15) is 32.1 Å². The predicted molar refractivity (Wildman–Crippen MR) is 57.7 cm³/mol. The van der Waals surface area contributed by atoms with E-state index in [2.05, 4.69) is 17.1 Å². The number of rotatable bonds is 3. The molecule has 1 heterocycles. The lowest BCUT2D eigenvalue weighted by molar-refractivity contribution is 0.271. The Morgan fingerprint density at radius 3 is 2.15 bits per heavy atom. The summed E-state index contributed by atoms with van der Waals surface area (Å²) in [6, 6.07) is 0. The molecule has 0 unspecified atom stereocenters. The third-order valence-electron chi connectivity index (χ3n) is 2.62. The highest BCUT2D eigenvalue weighted by atomic mass is 15.1. The van der Waals surface area contributed by atoms with Crippen LogP contribution in [-0.4, -0.2) is 31.1 Å². The highest BCUT2D eigenvalue weighted by Crippen LogP contribution is 2.09. The zero-order valence-electron chi connectivity index (χ0n) is 8.54. The molecule has 0 aromatic heterocycles. The fourth-order valence-corrected chi connectivity index (χ4v) is 1.82. The highest BCUT2D eigenvalue weighted by Gasteiger charge is 2.05. The van der Waals surface area contributed by atoms with Gasteiger partial charge < -0.3 is 5.73 Å². The minimum absolute atomic E-state index is 0.674. The van der Waals surface area contributed by atoms with Gasteiger partial charge in [0, 0.05) is 13.1 Å². The molecule has 1 aliphatic rings. The standard InChI is InChI=1S/C11H22N2/c12-8-4-7-11-13-9-5-2-1-3-6-10-13/h4,7H,1-3,5-6,8-12H2. The molecule has 2 heteroatoms. The van der Waals surface area contributed by atoms with Gasteiger partial charge in [-0.15, -0.1) is 0 Å². The zero-order valence-corrected chi connectivity index (χ0v) is 8.54. The van der Waals surface area contributed by atoms with Crippen molar-refractivity contribution in [3.63, 3.8) is 0 Å². The Labute approximate surface area is 81.8 Å². The Morgan fingerprint density at radius 1 is 0.923 bits per heavy atom. The zero-order chi connectivity index (χ0) is 9.36. The van der Waals surface area contributed by atoms with Crippen LogP contribution in [0.2, 0.25) is 0 Å². The molecule has 0 aromatic rings. The van der Waals surface area contributed by atoms with E-state index in [4.69, 9.17) is 5.73 Å². The van der Waals surface area contributed by atoms with E-state index in [1.54, 1.807) is 0 Å². The van der Waals surface area contributed by atoms with Crippen molar-refractivity contribution in [1.82, 2.24) is 4.90 Å². The Kier molecular flexibility index (Phi) is 5.87. The van der Waals surface area contributed by atoms with Crippen molar-refractivity contribution in [2.45, 2.75) is 32.1 Å². The van der Waals surface area contributed by atoms with Crippen LogP contribution in [-0.2, 0) is 0 Å². The SMILES string of the molecule is NCC=CCN1CCCCCCC1. The molecule has 0 spiro atoms. The van der Waals surface area contributed by atoms with Crippen molar-refractivity contribution in [2.24, 2.45) is 5.73 Å². The first-order valence-corrected chi connectivity index (χ1v) is 5.51. The minimum atomic E-state index is 0.674. The van der Waals surface area contributed by atoms with Gasteiger partial charge >= 0.3 is 0 Å². The molecule has 1 aliphatic heterocycles. The molecule has 13 heavy (non-hydrogen) atoms. The highest BCUT2D eigenvalue weighted by molar-refractivity contribution is 4.85. The summed E-state index contributed by atoms with van der Waals surface area (Å²) in [6.45, 7) is 4.31. The second-order valence-electron chi connectivity index (χ2n) is 3.78. The van der Waals surface area contributed by atoms with Gasteiger partial charge in [-0.1, -0.05) is 31.4 Å². The van der Waals surface area contributed by atoms with Crippen molar-refractivity contribution in [2.75, 3.05) is 26.2 Å². The molecule has 1 rings (SSSR count). The first kappa shape index (κ1) is 10.7. The third-order valence-corrected chi connectivity index (χ3v) is 2.62. The maximum absolute atomic E-state index is 5.39. The monoisotopic (exact) mass is 182 g/mol. The first-order valence-electron chi connectivity index (χ1n) is 5.51. The summed E-state index contributed by atoms with van der Waals surface area (Å²) in [4.78, 5) is 2.53. The van der Waals surface area contributed by atoms with Crippen LogP contribution >= 0.6 is 0 Å². The van der Waals surface area contributed by atoms with Crippen molar-refractivity contribution >= 4 is 0 Å². The first-order chi connectivity index (χ1) is 6.43. The number of hydrogen-bond donors (Lipinski definition) is 1. The largest absolute Gasteiger partial charge is 0.327 e. The minimum Gasteiger partial charge on any atom is -0.327 e. The molecule has 2 N–H and O–H groups in total. The summed E-state index contributed by atoms with van der Waals surface area (Å²) in [5.74, 6) is 0. The molecule has 2 nitrogen and oxygen atoms in total. The van der Waals surface area contributed by atoms with E-state index in [1.165, 1.54) is 45.2 Å². The lowest BCUT2D eigenvalue weighted by Gasteiger charge is -2.22. The van der Waals surface area contributed by atoms with Crippen molar-refractivity contribution in [3.8, 4) is 0 Å². The van der Waals surface area contributed by atoms with Gasteiger partial charge in [0.15, 0.2) is 0 Å². The fraction of sp³-hybridized carbons (Fsp3) is 0.818. The van der Waals surface area contributed by atoms with Gasteiger partial charge in [0.2, 0.25) is 0 Å². The van der Waals surface area contributed by atoms with E-state index in [-0.39, 0.29) is 0 Å². The molecule has 0 aliphatic carbocycles. The quantitative estimate of drug-likeness (QED) is 0.674. The van der Waals surface area contributed by atoms with Crippen LogP contribution < -0.4 is 5.73 Å². The second kappa shape index (κ2) is 7.10. The summed E-state index contributed by atoms with van der Waals surface area (Å²) in [6.07, 6.45) is 11.3. The summed E-state index contributed by atoms with van der Waals surface area (Å²) in [7, 11) is 0. The van der Waals surface area contributed by atoms with E-state index in [9.17, 15) is 0 Å². The third kappa shape index (κ3) is 5.06. The van der Waals surface area contributed by atoms with Crippen LogP contribution in [0.25, 0.3) is 0 Å². The molecular weight excluding hydrogens is 160 g/mol. The Balaban J connectivity index is 2.17. The van der Waals surface area contributed by atoms with E-state index in [0.29, 0.717) is 6.54 Å². The molecule has 76 valence electrons. The molecule has 1 fully saturated rings. The summed E-state index contributed by atoms with van der Waals surface area (Å²) >= 11 is 0. The fourth-order valence-electron chi connectivity index (χ4n) is 1.82. The molecule has 0 radical (unpaired) electrons. The summed E-state index contributed by atoms with van der Waals surface area (Å²) in [5, 5.41) is 0. The maximum atomic E-state index is 5.39. The smallest absolute Gasteiger partial charge is 0.0163 e. The lowest BCUT2D eigenvalue weighted by Crippen LogP contribution is -2.27. The summed E-state index contributed by atoms with van der Waals surface area (Å²) in [5.41, 5.74) is 5.39. The van der Waals surface area contributed by atoms with Crippen LogP contribution in [0.4, 0.5) is 0 Å². The molecule has 0 atom stereocenters. The number of nitrogens with zero attached hydrogens (tertiary/aromatic N) is 1. The molecule has 0 bridgehead atoms. The average molecular weight is 182 g/mol. The lowest BCUT2D eigenvalue weighted by atomic mass is 10.1. The topological polar surface area (TPSA) is 29.3 Å². The average Bonchev–Trinajstić information content (AvgIpc) is 2.08. The van der Waals surface area contributed by atoms with E-state index >= 15 is 0 Å². The summed E-state index contributed by atoms with van der Waals surface area (Å²) < 4.78 is 0. The van der Waals surface area contributed by atoms with Crippen molar-refractivity contribution < 1.29 is 0 Å². The number of nitrogens with two attached hydrogens (primary N) is 1. The van der Waals surface area contributed by atoms with E-state index in [1.807, 2.05) is 0 Å². The van der Waals surface area contributed by atoms with Gasteiger partial charge in [0.1, 0.15) is 0 Å². The molecule has 0 aromatic carbocycles. The Hall–Kier alpha value is -0.340. The van der Waals surface area contributed by atoms with Crippen LogP contribution in [0.15, 0.2) is 12.2 Å². The van der Waals surface area contributed by atoms with Crippen LogP contribution in [0, 0.1) is 0 Å². The molecule has 0 amide bonds. The van der Waals surface area contributed by atoms with Gasteiger partial charge in [-0.2, -0.15) is 0 Å². The van der Waals surface area contributed by atoms with Crippen molar-refractivity contribution in [1.29, 1.82) is 0 Å². The predicted octanol–water partition coefficient (Wildman–Crippen LogP) is 1.77. The maximum Gasteiger partial charge on any atom is 0.0163 e. The van der Waals surface area contributed by atoms with Crippen LogP contribution in [0.5, 0.6) is 0 Å². The normalized spacial score (nSPS) is 21.6. The van der Waals surface area contributed by atoms with Gasteiger partial charge in [0.25, 0.3) is 0 Å². The number of hydrogen-bond acceptors (Lipinski definition) is 2. The van der Waals surface area contributed by atoms with E-state index < -0.39 is 0 Å². The van der Waals surface area contributed by atoms with Gasteiger partial charge in [-0.05, 0) is 25.9 Å². The van der Waals surface area contributed by atoms with E-state index in [0.717, 1.165) is 6.54 Å². The molecule has 0 saturated carbocycles. The Morgan fingerprint density at radius 2 is 1.54 bits per heavy atom. The number of likely N-dealkylation sites (tertiary alicyclic amines) is 1. The van der Waals surface area contributed by atoms with Crippen molar-refractivity contribution in [3.05, 3.63) is 12.2 Å².